The van der Waals surface area contributed by atoms with Crippen molar-refractivity contribution in [3.63, 3.8) is 0 Å². The van der Waals surface area contributed by atoms with Gasteiger partial charge in [-0.2, -0.15) is 0 Å². The van der Waals surface area contributed by atoms with E-state index < -0.39 is 5.97 Å². The zero-order chi connectivity index (χ0) is 13.8. The summed E-state index contributed by atoms with van der Waals surface area (Å²) in [7, 11) is 1.55. The van der Waals surface area contributed by atoms with Crippen LogP contribution in [0.25, 0.3) is 0 Å². The molecular formula is C13H20N2O3S. The number of carboxylic acids is 1. The van der Waals surface area contributed by atoms with Gasteiger partial charge in [0.25, 0.3) is 0 Å². The number of rotatable bonds is 6. The summed E-state index contributed by atoms with van der Waals surface area (Å²) >= 11 is 1.26. The normalized spacial score (nSPS) is 19.1. The fraction of sp³-hybridized carbons (Fsp3) is 0.692. The van der Waals surface area contributed by atoms with Gasteiger partial charge in [0.2, 0.25) is 0 Å². The van der Waals surface area contributed by atoms with Crippen LogP contribution in [0.4, 0.5) is 5.13 Å². The van der Waals surface area contributed by atoms with Crippen LogP contribution in [0.5, 0.6) is 0 Å². The minimum Gasteiger partial charge on any atom is -0.477 e. The third-order valence-electron chi connectivity index (χ3n) is 3.41. The minimum absolute atomic E-state index is 0.254. The predicted molar refractivity (Wildman–Crippen MR) is 75.0 cm³/mol. The smallest absolute Gasteiger partial charge is 0.347 e. The highest BCUT2D eigenvalue weighted by atomic mass is 32.1. The van der Waals surface area contributed by atoms with Gasteiger partial charge < -0.3 is 14.7 Å². The van der Waals surface area contributed by atoms with Crippen LogP contribution >= 0.6 is 11.3 Å². The summed E-state index contributed by atoms with van der Waals surface area (Å²) in [5.74, 6) is -0.201. The number of hydrogen-bond donors (Lipinski definition) is 1. The molecule has 2 heterocycles. The molecule has 0 aliphatic carbocycles. The molecule has 0 spiro atoms. The van der Waals surface area contributed by atoms with E-state index in [2.05, 4.69) is 16.8 Å². The van der Waals surface area contributed by atoms with Crippen molar-refractivity contribution in [3.8, 4) is 0 Å². The molecule has 106 valence electrons. The molecule has 19 heavy (non-hydrogen) atoms. The summed E-state index contributed by atoms with van der Waals surface area (Å²) in [4.78, 5) is 18.1. The van der Waals surface area contributed by atoms with E-state index >= 15 is 0 Å². The second kappa shape index (κ2) is 6.34. The van der Waals surface area contributed by atoms with Gasteiger partial charge in [0.15, 0.2) is 5.13 Å². The Morgan fingerprint density at radius 1 is 1.63 bits per heavy atom. The van der Waals surface area contributed by atoms with Crippen LogP contribution in [-0.4, -0.2) is 36.3 Å². The van der Waals surface area contributed by atoms with E-state index in [1.807, 2.05) is 0 Å². The van der Waals surface area contributed by atoms with Crippen LogP contribution in [0, 0.1) is 5.92 Å². The van der Waals surface area contributed by atoms with E-state index in [9.17, 15) is 9.90 Å². The molecule has 1 saturated heterocycles. The summed E-state index contributed by atoms with van der Waals surface area (Å²) in [6, 6.07) is 0. The third kappa shape index (κ3) is 3.25. The molecular weight excluding hydrogens is 264 g/mol. The molecule has 0 saturated carbocycles. The highest BCUT2D eigenvalue weighted by Crippen LogP contribution is 2.32. The van der Waals surface area contributed by atoms with E-state index in [1.54, 1.807) is 7.11 Å². The van der Waals surface area contributed by atoms with E-state index in [1.165, 1.54) is 30.6 Å². The molecule has 1 aliphatic heterocycles. The minimum atomic E-state index is -0.917. The highest BCUT2D eigenvalue weighted by Gasteiger charge is 2.26. The lowest BCUT2D eigenvalue weighted by Crippen LogP contribution is -2.19. The second-order valence-electron chi connectivity index (χ2n) is 4.90. The number of anilines is 1. The van der Waals surface area contributed by atoms with Gasteiger partial charge in [0.1, 0.15) is 4.88 Å². The molecule has 0 bridgehead atoms. The Balaban J connectivity index is 2.12. The first-order valence-corrected chi connectivity index (χ1v) is 7.44. The number of carbonyl (C=O) groups is 1. The fourth-order valence-electron chi connectivity index (χ4n) is 2.53. The first kappa shape index (κ1) is 14.3. The van der Waals surface area contributed by atoms with Crippen molar-refractivity contribution in [1.29, 1.82) is 0 Å². The van der Waals surface area contributed by atoms with Crippen molar-refractivity contribution in [2.75, 3.05) is 25.1 Å². The molecule has 0 aromatic carbocycles. The zero-order valence-electron chi connectivity index (χ0n) is 11.4. The molecule has 1 unspecified atom stereocenters. The van der Waals surface area contributed by atoms with Gasteiger partial charge in [-0.25, -0.2) is 9.78 Å². The molecule has 1 aliphatic rings. The number of hydrogen-bond acceptors (Lipinski definition) is 5. The molecule has 1 aromatic rings. The van der Waals surface area contributed by atoms with Crippen molar-refractivity contribution in [2.45, 2.75) is 32.8 Å². The molecule has 0 amide bonds. The van der Waals surface area contributed by atoms with Crippen LogP contribution in [-0.2, 0) is 11.3 Å². The maximum atomic E-state index is 11.2. The topological polar surface area (TPSA) is 62.7 Å². The van der Waals surface area contributed by atoms with E-state index in [4.69, 9.17) is 4.74 Å². The maximum absolute atomic E-state index is 11.2. The number of methoxy groups -OCH3 is 1. The van der Waals surface area contributed by atoms with Crippen LogP contribution in [0.3, 0.4) is 0 Å². The average Bonchev–Trinajstić information content (AvgIpc) is 2.96. The number of aromatic carboxylic acids is 1. The van der Waals surface area contributed by atoms with Gasteiger partial charge in [-0.05, 0) is 18.8 Å². The molecule has 1 N–H and O–H groups in total. The SMILES string of the molecule is CCCC1CCN(c2nc(COC)c(C(=O)O)s2)C1. The fourth-order valence-corrected chi connectivity index (χ4v) is 3.47. The number of carboxylic acid groups (broad SMARTS) is 1. The van der Waals surface area contributed by atoms with Gasteiger partial charge in [0.05, 0.1) is 12.3 Å². The van der Waals surface area contributed by atoms with Crippen LogP contribution in [0.15, 0.2) is 0 Å². The van der Waals surface area contributed by atoms with E-state index in [0.29, 0.717) is 16.5 Å². The lowest BCUT2D eigenvalue weighted by Gasteiger charge is -2.14. The Morgan fingerprint density at radius 2 is 2.42 bits per heavy atom. The zero-order valence-corrected chi connectivity index (χ0v) is 12.2. The number of nitrogens with zero attached hydrogens (tertiary/aromatic N) is 2. The Labute approximate surface area is 117 Å². The quantitative estimate of drug-likeness (QED) is 0.870. The molecule has 5 nitrogen and oxygen atoms in total. The Bertz CT molecular complexity index is 447. The Hall–Kier alpha value is -1.14. The first-order valence-electron chi connectivity index (χ1n) is 6.62. The summed E-state index contributed by atoms with van der Waals surface area (Å²) in [6.45, 7) is 4.42. The number of aromatic nitrogens is 1. The van der Waals surface area contributed by atoms with Crippen LogP contribution < -0.4 is 4.90 Å². The van der Waals surface area contributed by atoms with Crippen molar-refractivity contribution in [2.24, 2.45) is 5.92 Å². The maximum Gasteiger partial charge on any atom is 0.347 e. The first-order chi connectivity index (χ1) is 9.15. The van der Waals surface area contributed by atoms with Gasteiger partial charge in [-0.15, -0.1) is 0 Å². The summed E-state index contributed by atoms with van der Waals surface area (Å²) in [6.07, 6.45) is 3.61. The molecule has 1 atom stereocenters. The summed E-state index contributed by atoms with van der Waals surface area (Å²) in [5, 5.41) is 10.0. The van der Waals surface area contributed by atoms with Crippen molar-refractivity contribution in [1.82, 2.24) is 4.98 Å². The van der Waals surface area contributed by atoms with Crippen molar-refractivity contribution >= 4 is 22.4 Å². The molecule has 6 heteroatoms. The number of thiazole rings is 1. The van der Waals surface area contributed by atoms with Gasteiger partial charge in [-0.3, -0.25) is 0 Å². The predicted octanol–water partition coefficient (Wildman–Crippen LogP) is 2.61. The average molecular weight is 284 g/mol. The van der Waals surface area contributed by atoms with E-state index in [-0.39, 0.29) is 6.61 Å². The lowest BCUT2D eigenvalue weighted by molar-refractivity contribution is 0.0697. The lowest BCUT2D eigenvalue weighted by atomic mass is 10.0. The standard InChI is InChI=1S/C13H20N2O3S/c1-3-4-9-5-6-15(7-9)13-14-10(8-18-2)11(19-13)12(16)17/h9H,3-8H2,1-2H3,(H,16,17). The van der Waals surface area contributed by atoms with Gasteiger partial charge >= 0.3 is 5.97 Å². The van der Waals surface area contributed by atoms with Gasteiger partial charge in [0, 0.05) is 20.2 Å². The Morgan fingerprint density at radius 3 is 3.05 bits per heavy atom. The van der Waals surface area contributed by atoms with Crippen LogP contribution in [0.2, 0.25) is 0 Å². The van der Waals surface area contributed by atoms with E-state index in [0.717, 1.165) is 18.2 Å². The highest BCUT2D eigenvalue weighted by molar-refractivity contribution is 7.17. The van der Waals surface area contributed by atoms with Crippen LogP contribution in [0.1, 0.15) is 41.6 Å². The van der Waals surface area contributed by atoms with Crippen molar-refractivity contribution < 1.29 is 14.6 Å². The third-order valence-corrected chi connectivity index (χ3v) is 4.56. The summed E-state index contributed by atoms with van der Waals surface area (Å²) in [5.41, 5.74) is 0.536. The molecule has 1 aromatic heterocycles. The molecule has 2 rings (SSSR count). The Kier molecular flexibility index (Phi) is 4.76. The number of ether oxygens (including phenoxy) is 1. The monoisotopic (exact) mass is 284 g/mol. The second-order valence-corrected chi connectivity index (χ2v) is 5.88. The molecule has 0 radical (unpaired) electrons. The molecule has 1 fully saturated rings. The largest absolute Gasteiger partial charge is 0.477 e. The van der Waals surface area contributed by atoms with Gasteiger partial charge in [-0.1, -0.05) is 24.7 Å². The summed E-state index contributed by atoms with van der Waals surface area (Å²) < 4.78 is 5.02. The van der Waals surface area contributed by atoms with Crippen molar-refractivity contribution in [3.05, 3.63) is 10.6 Å².